The van der Waals surface area contributed by atoms with Crippen LogP contribution < -0.4 is 10.6 Å². The van der Waals surface area contributed by atoms with Crippen molar-refractivity contribution in [3.8, 4) is 0 Å². The number of carbonyl (C=O) groups excluding carboxylic acids is 1. The second-order valence-electron chi connectivity index (χ2n) is 5.88. The number of hydrogen-bond acceptors (Lipinski definition) is 3. The number of carboxylic acids is 1. The Morgan fingerprint density at radius 1 is 1.38 bits per heavy atom. The van der Waals surface area contributed by atoms with Crippen molar-refractivity contribution in [2.24, 2.45) is 5.92 Å². The molecular weight excluding hydrogens is 268 g/mol. The summed E-state index contributed by atoms with van der Waals surface area (Å²) in [5.41, 5.74) is 1.90. The molecular formula is C16H22N2O3. The van der Waals surface area contributed by atoms with E-state index < -0.39 is 12.0 Å². The van der Waals surface area contributed by atoms with Crippen molar-refractivity contribution < 1.29 is 14.7 Å². The highest BCUT2D eigenvalue weighted by Gasteiger charge is 2.29. The number of aliphatic carboxylic acids is 1. The van der Waals surface area contributed by atoms with Crippen LogP contribution in [0.5, 0.6) is 0 Å². The lowest BCUT2D eigenvalue weighted by Gasteiger charge is -2.27. The van der Waals surface area contributed by atoms with Crippen molar-refractivity contribution >= 4 is 17.6 Å². The number of benzene rings is 1. The van der Waals surface area contributed by atoms with Gasteiger partial charge in [0.15, 0.2) is 0 Å². The van der Waals surface area contributed by atoms with Gasteiger partial charge in [0.1, 0.15) is 6.04 Å². The SMILES string of the molecule is CC(C)C[C@@H](NC(=O)C1CCNc2ccccc21)C(=O)O. The summed E-state index contributed by atoms with van der Waals surface area (Å²) in [6, 6.07) is 6.86. The zero-order valence-electron chi connectivity index (χ0n) is 12.4. The molecule has 2 rings (SSSR count). The molecule has 0 saturated heterocycles. The Labute approximate surface area is 124 Å². The molecule has 1 aromatic carbocycles. The van der Waals surface area contributed by atoms with Crippen molar-refractivity contribution in [3.05, 3.63) is 29.8 Å². The molecule has 1 aromatic rings. The Morgan fingerprint density at radius 3 is 2.76 bits per heavy atom. The van der Waals surface area contributed by atoms with Crippen LogP contribution in [0.2, 0.25) is 0 Å². The molecule has 1 unspecified atom stereocenters. The van der Waals surface area contributed by atoms with E-state index in [4.69, 9.17) is 0 Å². The van der Waals surface area contributed by atoms with Crippen molar-refractivity contribution in [2.45, 2.75) is 38.6 Å². The van der Waals surface area contributed by atoms with Crippen LogP contribution in [0.15, 0.2) is 24.3 Å². The van der Waals surface area contributed by atoms with Crippen molar-refractivity contribution in [1.82, 2.24) is 5.32 Å². The predicted octanol–water partition coefficient (Wildman–Crippen LogP) is 2.20. The van der Waals surface area contributed by atoms with Gasteiger partial charge in [0, 0.05) is 12.2 Å². The van der Waals surface area contributed by atoms with E-state index in [1.54, 1.807) is 0 Å². The van der Waals surface area contributed by atoms with Crippen LogP contribution in [-0.2, 0) is 9.59 Å². The number of rotatable bonds is 5. The number of hydrogen-bond donors (Lipinski definition) is 3. The van der Waals surface area contributed by atoms with Crippen LogP contribution in [0.3, 0.4) is 0 Å². The average Bonchev–Trinajstić information content (AvgIpc) is 2.45. The van der Waals surface area contributed by atoms with E-state index in [9.17, 15) is 14.7 Å². The largest absolute Gasteiger partial charge is 0.480 e. The third kappa shape index (κ3) is 3.74. The Balaban J connectivity index is 2.12. The molecule has 5 heteroatoms. The topological polar surface area (TPSA) is 78.4 Å². The second-order valence-corrected chi connectivity index (χ2v) is 5.88. The molecule has 1 amide bonds. The highest BCUT2D eigenvalue weighted by atomic mass is 16.4. The van der Waals surface area contributed by atoms with Gasteiger partial charge < -0.3 is 15.7 Å². The maximum absolute atomic E-state index is 12.5. The molecule has 0 aromatic heterocycles. The molecule has 3 N–H and O–H groups in total. The smallest absolute Gasteiger partial charge is 0.326 e. The molecule has 0 bridgehead atoms. The first-order valence-corrected chi connectivity index (χ1v) is 7.35. The Morgan fingerprint density at radius 2 is 2.10 bits per heavy atom. The molecule has 114 valence electrons. The Kier molecular flexibility index (Phi) is 4.83. The van der Waals surface area contributed by atoms with Gasteiger partial charge in [-0.15, -0.1) is 0 Å². The maximum Gasteiger partial charge on any atom is 0.326 e. The molecule has 0 fully saturated rings. The molecule has 0 aliphatic carbocycles. The van der Waals surface area contributed by atoms with Gasteiger partial charge in [0.2, 0.25) is 5.91 Å². The molecule has 1 aliphatic rings. The van der Waals surface area contributed by atoms with Gasteiger partial charge >= 0.3 is 5.97 Å². The number of carboxylic acid groups (broad SMARTS) is 1. The summed E-state index contributed by atoms with van der Waals surface area (Å²) in [6.07, 6.45) is 1.12. The van der Waals surface area contributed by atoms with E-state index in [1.165, 1.54) is 0 Å². The summed E-state index contributed by atoms with van der Waals surface area (Å²) in [5, 5.41) is 15.2. The minimum atomic E-state index is -0.973. The van der Waals surface area contributed by atoms with Gasteiger partial charge in [-0.3, -0.25) is 4.79 Å². The minimum Gasteiger partial charge on any atom is -0.480 e. The second kappa shape index (κ2) is 6.61. The van der Waals surface area contributed by atoms with E-state index in [1.807, 2.05) is 38.1 Å². The quantitative estimate of drug-likeness (QED) is 0.777. The fourth-order valence-corrected chi connectivity index (χ4v) is 2.71. The number of para-hydroxylation sites is 1. The van der Waals surface area contributed by atoms with Crippen molar-refractivity contribution in [1.29, 1.82) is 0 Å². The normalized spacial score (nSPS) is 18.5. The molecule has 0 saturated carbocycles. The first-order valence-electron chi connectivity index (χ1n) is 7.35. The fourth-order valence-electron chi connectivity index (χ4n) is 2.71. The molecule has 1 heterocycles. The number of fused-ring (bicyclic) bond motifs is 1. The zero-order valence-corrected chi connectivity index (χ0v) is 12.4. The first-order chi connectivity index (χ1) is 9.99. The van der Waals surface area contributed by atoms with Crippen LogP contribution in [0.25, 0.3) is 0 Å². The van der Waals surface area contributed by atoms with E-state index in [2.05, 4.69) is 10.6 Å². The minimum absolute atomic E-state index is 0.197. The highest BCUT2D eigenvalue weighted by molar-refractivity contribution is 5.89. The van der Waals surface area contributed by atoms with E-state index in [0.717, 1.165) is 17.8 Å². The first kappa shape index (κ1) is 15.4. The summed E-state index contributed by atoms with van der Waals surface area (Å²) in [5.74, 6) is -1.24. The van der Waals surface area contributed by atoms with Crippen molar-refractivity contribution in [2.75, 3.05) is 11.9 Å². The maximum atomic E-state index is 12.5. The summed E-state index contributed by atoms with van der Waals surface area (Å²) in [6.45, 7) is 4.61. The van der Waals surface area contributed by atoms with Gasteiger partial charge in [-0.05, 0) is 30.4 Å². The fraction of sp³-hybridized carbons (Fsp3) is 0.500. The summed E-state index contributed by atoms with van der Waals surface area (Å²) >= 11 is 0. The summed E-state index contributed by atoms with van der Waals surface area (Å²) in [4.78, 5) is 23.7. The number of anilines is 1. The monoisotopic (exact) mass is 290 g/mol. The Bertz CT molecular complexity index is 528. The highest BCUT2D eigenvalue weighted by Crippen LogP contribution is 2.31. The lowest BCUT2D eigenvalue weighted by Crippen LogP contribution is -2.44. The van der Waals surface area contributed by atoms with Crippen LogP contribution in [0.4, 0.5) is 5.69 Å². The third-order valence-electron chi connectivity index (χ3n) is 3.72. The van der Waals surface area contributed by atoms with Crippen LogP contribution >= 0.6 is 0 Å². The molecule has 0 spiro atoms. The van der Waals surface area contributed by atoms with E-state index in [-0.39, 0.29) is 17.7 Å². The molecule has 1 aliphatic heterocycles. The van der Waals surface area contributed by atoms with E-state index in [0.29, 0.717) is 12.8 Å². The van der Waals surface area contributed by atoms with Gasteiger partial charge in [-0.1, -0.05) is 32.0 Å². The van der Waals surface area contributed by atoms with Gasteiger partial charge in [0.05, 0.1) is 5.92 Å². The van der Waals surface area contributed by atoms with Gasteiger partial charge in [-0.2, -0.15) is 0 Å². The molecule has 5 nitrogen and oxygen atoms in total. The number of nitrogens with one attached hydrogen (secondary N) is 2. The summed E-state index contributed by atoms with van der Waals surface area (Å²) < 4.78 is 0. The summed E-state index contributed by atoms with van der Waals surface area (Å²) in [7, 11) is 0. The number of amides is 1. The lowest BCUT2D eigenvalue weighted by atomic mass is 9.89. The average molecular weight is 290 g/mol. The zero-order chi connectivity index (χ0) is 15.4. The van der Waals surface area contributed by atoms with Gasteiger partial charge in [-0.25, -0.2) is 4.79 Å². The van der Waals surface area contributed by atoms with E-state index >= 15 is 0 Å². The molecule has 21 heavy (non-hydrogen) atoms. The third-order valence-corrected chi connectivity index (χ3v) is 3.72. The Hall–Kier alpha value is -2.04. The van der Waals surface area contributed by atoms with Crippen LogP contribution in [0.1, 0.15) is 38.2 Å². The molecule has 2 atom stereocenters. The van der Waals surface area contributed by atoms with Crippen LogP contribution in [-0.4, -0.2) is 29.6 Å². The predicted molar refractivity (Wildman–Crippen MR) is 81.3 cm³/mol. The standard InChI is InChI=1S/C16H22N2O3/c1-10(2)9-14(16(20)21)18-15(19)12-7-8-17-13-6-4-3-5-11(12)13/h3-6,10,12,14,17H,7-9H2,1-2H3,(H,18,19)(H,20,21)/t12?,14-/m1/s1. The lowest BCUT2D eigenvalue weighted by molar-refractivity contribution is -0.142. The van der Waals surface area contributed by atoms with Crippen LogP contribution in [0, 0.1) is 5.92 Å². The van der Waals surface area contributed by atoms with Gasteiger partial charge in [0.25, 0.3) is 0 Å². The molecule has 0 radical (unpaired) electrons. The van der Waals surface area contributed by atoms with Crippen molar-refractivity contribution in [3.63, 3.8) is 0 Å². The number of carbonyl (C=O) groups is 2.